The van der Waals surface area contributed by atoms with Gasteiger partial charge in [-0.2, -0.15) is 0 Å². The van der Waals surface area contributed by atoms with Crippen LogP contribution in [0.1, 0.15) is 34.6 Å². The zero-order chi connectivity index (χ0) is 27.9. The minimum atomic E-state index is 0.0155. The molecule has 0 atom stereocenters. The van der Waals surface area contributed by atoms with Gasteiger partial charge in [0.1, 0.15) is 0 Å². The zero-order valence-corrected chi connectivity index (χ0v) is 23.2. The average Bonchev–Trinajstić information content (AvgIpc) is 3.03. The number of hydrogen-bond acceptors (Lipinski definition) is 4. The number of rotatable bonds is 8. The Bertz CT molecular complexity index is 1380. The largest absolute Gasteiger partial charge is 0.368 e. The standard InChI is InChI=1S/C34H36N4O2/c1-3-35(4-2)34(40)31-21-20-30(36-22-24-37(25-23-36)33(39)27-14-8-5-9-15-27)26-32(31)38(28-16-10-6-11-17-28)29-18-12-7-13-19-29/h5-21,26H,3-4,22-25H2,1-2H3. The first-order valence-corrected chi connectivity index (χ1v) is 14.0. The van der Waals surface area contributed by atoms with Crippen LogP contribution in [0.5, 0.6) is 0 Å². The van der Waals surface area contributed by atoms with Crippen LogP contribution in [0.3, 0.4) is 0 Å². The molecular weight excluding hydrogens is 496 g/mol. The third-order valence-corrected chi connectivity index (χ3v) is 7.48. The topological polar surface area (TPSA) is 47.1 Å². The second-order valence-electron chi connectivity index (χ2n) is 9.83. The van der Waals surface area contributed by atoms with E-state index < -0.39 is 0 Å². The van der Waals surface area contributed by atoms with Crippen LogP contribution in [0.15, 0.2) is 109 Å². The summed E-state index contributed by atoms with van der Waals surface area (Å²) in [7, 11) is 0. The molecule has 0 unspecified atom stereocenters. The van der Waals surface area contributed by atoms with Crippen LogP contribution in [0, 0.1) is 0 Å². The zero-order valence-electron chi connectivity index (χ0n) is 23.2. The molecule has 4 aromatic carbocycles. The molecular formula is C34H36N4O2. The number of anilines is 4. The smallest absolute Gasteiger partial charge is 0.255 e. The molecule has 0 saturated carbocycles. The van der Waals surface area contributed by atoms with E-state index in [1.54, 1.807) is 0 Å². The summed E-state index contributed by atoms with van der Waals surface area (Å²) in [6.07, 6.45) is 0. The molecule has 2 amide bonds. The molecule has 0 aromatic heterocycles. The van der Waals surface area contributed by atoms with Crippen LogP contribution in [0.2, 0.25) is 0 Å². The number of piperazine rings is 1. The van der Waals surface area contributed by atoms with Crippen LogP contribution in [-0.2, 0) is 0 Å². The maximum absolute atomic E-state index is 13.8. The van der Waals surface area contributed by atoms with Gasteiger partial charge in [0.15, 0.2) is 0 Å². The van der Waals surface area contributed by atoms with E-state index in [2.05, 4.69) is 40.1 Å². The maximum atomic E-state index is 13.8. The van der Waals surface area contributed by atoms with Crippen molar-refractivity contribution in [3.8, 4) is 0 Å². The van der Waals surface area contributed by atoms with Gasteiger partial charge < -0.3 is 19.6 Å². The molecule has 1 saturated heterocycles. The number of carbonyl (C=O) groups excluding carboxylic acids is 2. The Labute approximate surface area is 237 Å². The van der Waals surface area contributed by atoms with E-state index in [0.717, 1.165) is 41.4 Å². The predicted octanol–water partition coefficient (Wildman–Crippen LogP) is 6.60. The van der Waals surface area contributed by atoms with Gasteiger partial charge in [-0.3, -0.25) is 9.59 Å². The molecule has 5 rings (SSSR count). The molecule has 0 radical (unpaired) electrons. The van der Waals surface area contributed by atoms with E-state index in [0.29, 0.717) is 31.7 Å². The molecule has 0 spiro atoms. The fraction of sp³-hybridized carbons (Fsp3) is 0.235. The molecule has 6 nitrogen and oxygen atoms in total. The van der Waals surface area contributed by atoms with E-state index in [1.165, 1.54) is 0 Å². The van der Waals surface area contributed by atoms with Crippen molar-refractivity contribution in [2.45, 2.75) is 13.8 Å². The summed E-state index contributed by atoms with van der Waals surface area (Å²) in [5, 5.41) is 0. The van der Waals surface area contributed by atoms with Gasteiger partial charge in [-0.15, -0.1) is 0 Å². The van der Waals surface area contributed by atoms with Crippen LogP contribution in [-0.4, -0.2) is 60.9 Å². The van der Waals surface area contributed by atoms with E-state index in [4.69, 9.17) is 0 Å². The van der Waals surface area contributed by atoms with Gasteiger partial charge in [-0.05, 0) is 68.4 Å². The first-order valence-electron chi connectivity index (χ1n) is 14.0. The number of benzene rings is 4. The molecule has 40 heavy (non-hydrogen) atoms. The number of amides is 2. The van der Waals surface area contributed by atoms with Gasteiger partial charge >= 0.3 is 0 Å². The summed E-state index contributed by atoms with van der Waals surface area (Å²) < 4.78 is 0. The monoisotopic (exact) mass is 532 g/mol. The number of hydrogen-bond donors (Lipinski definition) is 0. The molecule has 0 N–H and O–H groups in total. The Morgan fingerprint density at radius 2 is 1.20 bits per heavy atom. The molecule has 4 aromatic rings. The molecule has 1 aliphatic heterocycles. The summed E-state index contributed by atoms with van der Waals surface area (Å²) >= 11 is 0. The maximum Gasteiger partial charge on any atom is 0.255 e. The lowest BCUT2D eigenvalue weighted by molar-refractivity contribution is 0.0744. The second-order valence-corrected chi connectivity index (χ2v) is 9.83. The molecule has 1 fully saturated rings. The minimum Gasteiger partial charge on any atom is -0.368 e. The van der Waals surface area contributed by atoms with Crippen molar-refractivity contribution >= 4 is 34.6 Å². The van der Waals surface area contributed by atoms with Crippen molar-refractivity contribution in [3.05, 3.63) is 120 Å². The van der Waals surface area contributed by atoms with E-state index in [9.17, 15) is 9.59 Å². The predicted molar refractivity (Wildman–Crippen MR) is 163 cm³/mol. The fourth-order valence-corrected chi connectivity index (χ4v) is 5.28. The Hall–Kier alpha value is -4.58. The first-order chi connectivity index (χ1) is 19.6. The van der Waals surface area contributed by atoms with E-state index >= 15 is 0 Å². The van der Waals surface area contributed by atoms with Gasteiger partial charge in [-0.25, -0.2) is 0 Å². The highest BCUT2D eigenvalue weighted by Crippen LogP contribution is 2.39. The SMILES string of the molecule is CCN(CC)C(=O)c1ccc(N2CCN(C(=O)c3ccccc3)CC2)cc1N(c1ccccc1)c1ccccc1. The van der Waals surface area contributed by atoms with Gasteiger partial charge in [-0.1, -0.05) is 54.6 Å². The van der Waals surface area contributed by atoms with Crippen LogP contribution in [0.4, 0.5) is 22.7 Å². The van der Waals surface area contributed by atoms with Crippen molar-refractivity contribution in [1.29, 1.82) is 0 Å². The fourth-order valence-electron chi connectivity index (χ4n) is 5.28. The normalized spacial score (nSPS) is 13.2. The van der Waals surface area contributed by atoms with E-state index in [1.807, 2.05) is 103 Å². The summed E-state index contributed by atoms with van der Waals surface area (Å²) in [4.78, 5) is 35.0. The summed E-state index contributed by atoms with van der Waals surface area (Å²) in [5.74, 6) is 0.0853. The summed E-state index contributed by atoms with van der Waals surface area (Å²) in [6.45, 7) is 8.04. The van der Waals surface area contributed by atoms with Crippen LogP contribution < -0.4 is 9.80 Å². The van der Waals surface area contributed by atoms with Crippen molar-refractivity contribution < 1.29 is 9.59 Å². The van der Waals surface area contributed by atoms with Crippen LogP contribution in [0.25, 0.3) is 0 Å². The lowest BCUT2D eigenvalue weighted by Crippen LogP contribution is -2.48. The highest BCUT2D eigenvalue weighted by atomic mass is 16.2. The Kier molecular flexibility index (Phi) is 8.45. The van der Waals surface area contributed by atoms with Gasteiger partial charge in [0.25, 0.3) is 11.8 Å². The molecule has 204 valence electrons. The molecule has 1 heterocycles. The second kappa shape index (κ2) is 12.5. The third kappa shape index (κ3) is 5.71. The molecule has 1 aliphatic rings. The molecule has 0 bridgehead atoms. The number of nitrogens with zero attached hydrogens (tertiary/aromatic N) is 4. The van der Waals surface area contributed by atoms with Gasteiger partial charge in [0.2, 0.25) is 0 Å². The molecule has 0 aliphatic carbocycles. The summed E-state index contributed by atoms with van der Waals surface area (Å²) in [6, 6.07) is 36.0. The van der Waals surface area contributed by atoms with Crippen molar-refractivity contribution in [1.82, 2.24) is 9.80 Å². The van der Waals surface area contributed by atoms with Crippen molar-refractivity contribution in [2.75, 3.05) is 49.1 Å². The Balaban J connectivity index is 1.51. The van der Waals surface area contributed by atoms with Crippen LogP contribution >= 0.6 is 0 Å². The quantitative estimate of drug-likeness (QED) is 0.257. The highest BCUT2D eigenvalue weighted by Gasteiger charge is 2.26. The first kappa shape index (κ1) is 27.0. The van der Waals surface area contributed by atoms with E-state index in [-0.39, 0.29) is 11.8 Å². The lowest BCUT2D eigenvalue weighted by Gasteiger charge is -2.37. The molecule has 6 heteroatoms. The van der Waals surface area contributed by atoms with Crippen molar-refractivity contribution in [3.63, 3.8) is 0 Å². The van der Waals surface area contributed by atoms with Crippen molar-refractivity contribution in [2.24, 2.45) is 0 Å². The van der Waals surface area contributed by atoms with Gasteiger partial charge in [0, 0.05) is 61.9 Å². The number of para-hydroxylation sites is 2. The number of carbonyl (C=O) groups is 2. The van der Waals surface area contributed by atoms with Gasteiger partial charge in [0.05, 0.1) is 11.3 Å². The minimum absolute atomic E-state index is 0.0155. The summed E-state index contributed by atoms with van der Waals surface area (Å²) in [5.41, 5.74) is 5.23. The average molecular weight is 533 g/mol. The highest BCUT2D eigenvalue weighted by molar-refractivity contribution is 6.03. The lowest BCUT2D eigenvalue weighted by atomic mass is 10.1. The third-order valence-electron chi connectivity index (χ3n) is 7.48. The Morgan fingerprint density at radius 3 is 1.73 bits per heavy atom. The Morgan fingerprint density at radius 1 is 0.675 bits per heavy atom.